The molecule has 1 aliphatic rings. The molecule has 11 nitrogen and oxygen atoms in total. The van der Waals surface area contributed by atoms with Crippen LogP contribution in [0, 0.1) is 5.41 Å². The minimum absolute atomic E-state index is 0.0161. The molecular formula is C43H56O11. The zero-order chi connectivity index (χ0) is 39.4. The first-order valence-corrected chi connectivity index (χ1v) is 18.2. The van der Waals surface area contributed by atoms with Crippen LogP contribution in [0.4, 0.5) is 0 Å². The number of unbranched alkanes of at least 4 members (excludes halogenated alkanes) is 1. The number of esters is 2. The Balaban J connectivity index is 1.98. The fourth-order valence-corrected chi connectivity index (χ4v) is 6.11. The van der Waals surface area contributed by atoms with Gasteiger partial charge < -0.3 is 37.9 Å². The summed E-state index contributed by atoms with van der Waals surface area (Å²) in [5.41, 5.74) is 1.26. The molecule has 0 radical (unpaired) electrons. The van der Waals surface area contributed by atoms with E-state index in [0.29, 0.717) is 18.5 Å². The van der Waals surface area contributed by atoms with Crippen LogP contribution in [-0.2, 0) is 60.8 Å². The van der Waals surface area contributed by atoms with Crippen LogP contribution >= 0.6 is 0 Å². The number of aldehydes is 1. The van der Waals surface area contributed by atoms with Crippen molar-refractivity contribution in [3.8, 4) is 5.75 Å². The minimum Gasteiger partial charge on any atom is -0.497 e. The van der Waals surface area contributed by atoms with Gasteiger partial charge in [0, 0.05) is 31.1 Å². The van der Waals surface area contributed by atoms with E-state index in [1.165, 1.54) is 32.4 Å². The molecule has 11 heteroatoms. The zero-order valence-electron chi connectivity index (χ0n) is 32.6. The summed E-state index contributed by atoms with van der Waals surface area (Å²) in [7, 11) is 4.31. The van der Waals surface area contributed by atoms with E-state index in [-0.39, 0.29) is 26.2 Å². The zero-order valence-corrected chi connectivity index (χ0v) is 32.6. The summed E-state index contributed by atoms with van der Waals surface area (Å²) >= 11 is 0. The summed E-state index contributed by atoms with van der Waals surface area (Å²) in [6.07, 6.45) is 10.9. The van der Waals surface area contributed by atoms with Crippen molar-refractivity contribution < 1.29 is 52.3 Å². The standard InChI is InChI=1S/C43H56O11/c1-8-9-10-11-15-19-39(45)53-41-35(27-40(46)48-6)26-37(54-43(41,49-7)42(3,4)24-16-25-44)28-38(51-30-34-20-22-36(47-5)23-21-34)32(2)52-31-50-29-33-17-13-12-14-18-33/h10-25,27,32,37-38,41H,8-9,26,28-31H2,1-7H3/b11-10+,19-15+,24-16+,35-27+/t32-,37+,38-,41+,43-/m1/s1. The van der Waals surface area contributed by atoms with Crippen LogP contribution < -0.4 is 4.74 Å². The molecule has 0 amide bonds. The third-order valence-corrected chi connectivity index (χ3v) is 9.12. The van der Waals surface area contributed by atoms with Crippen molar-refractivity contribution in [2.75, 3.05) is 28.1 Å². The van der Waals surface area contributed by atoms with E-state index in [1.54, 1.807) is 39.2 Å². The summed E-state index contributed by atoms with van der Waals surface area (Å²) in [5.74, 6) is -2.30. The normalized spacial score (nSPS) is 21.1. The van der Waals surface area contributed by atoms with E-state index in [2.05, 4.69) is 6.92 Å². The maximum atomic E-state index is 13.3. The lowest BCUT2D eigenvalue weighted by Gasteiger charge is -2.53. The molecule has 5 atom stereocenters. The van der Waals surface area contributed by atoms with Gasteiger partial charge in [-0.2, -0.15) is 0 Å². The minimum atomic E-state index is -1.71. The molecule has 1 saturated heterocycles. The molecule has 294 valence electrons. The average molecular weight is 749 g/mol. The van der Waals surface area contributed by atoms with Gasteiger partial charge in [-0.05, 0) is 54.7 Å². The number of ether oxygens (including phenoxy) is 8. The predicted molar refractivity (Wildman–Crippen MR) is 204 cm³/mol. The first-order chi connectivity index (χ1) is 26.0. The third-order valence-electron chi connectivity index (χ3n) is 9.12. The molecule has 0 saturated carbocycles. The molecule has 1 aliphatic heterocycles. The van der Waals surface area contributed by atoms with Crippen LogP contribution in [0.3, 0.4) is 0 Å². The summed E-state index contributed by atoms with van der Waals surface area (Å²) < 4.78 is 48.0. The SMILES string of the molecule is CCC/C=C/C=C/C(=O)O[C@H]1/C(=C/C(=O)OC)C[C@@H](C[C@@H](OCc2ccc(OC)cc2)[C@@H](C)OCOCc2ccccc2)O[C@@]1(OC)C(C)(C)/C=C/C=O. The van der Waals surface area contributed by atoms with Gasteiger partial charge in [-0.1, -0.05) is 94.0 Å². The van der Waals surface area contributed by atoms with E-state index >= 15 is 0 Å². The molecule has 1 fully saturated rings. The molecule has 1 heterocycles. The first kappa shape index (κ1) is 44.0. The Labute approximate surface area is 319 Å². The van der Waals surface area contributed by atoms with Gasteiger partial charge in [0.25, 0.3) is 0 Å². The van der Waals surface area contributed by atoms with Crippen LogP contribution in [0.1, 0.15) is 64.5 Å². The van der Waals surface area contributed by atoms with E-state index < -0.39 is 47.6 Å². The lowest BCUT2D eigenvalue weighted by Crippen LogP contribution is -2.63. The number of rotatable bonds is 22. The highest BCUT2D eigenvalue weighted by Crippen LogP contribution is 2.48. The summed E-state index contributed by atoms with van der Waals surface area (Å²) in [6.45, 7) is 8.20. The van der Waals surface area contributed by atoms with Crippen molar-refractivity contribution in [3.05, 3.63) is 114 Å². The highest BCUT2D eigenvalue weighted by atomic mass is 16.7. The molecule has 0 spiro atoms. The van der Waals surface area contributed by atoms with Crippen molar-refractivity contribution >= 4 is 18.2 Å². The fourth-order valence-electron chi connectivity index (χ4n) is 6.11. The molecular weight excluding hydrogens is 692 g/mol. The lowest BCUT2D eigenvalue weighted by atomic mass is 9.74. The topological polar surface area (TPSA) is 125 Å². The van der Waals surface area contributed by atoms with Gasteiger partial charge in [0.1, 0.15) is 18.8 Å². The Morgan fingerprint density at radius 3 is 2.31 bits per heavy atom. The number of hydrogen-bond donors (Lipinski definition) is 0. The van der Waals surface area contributed by atoms with Gasteiger partial charge in [0.2, 0.25) is 5.79 Å². The highest BCUT2D eigenvalue weighted by molar-refractivity contribution is 5.84. The van der Waals surface area contributed by atoms with Gasteiger partial charge in [0.15, 0.2) is 6.10 Å². The molecule has 0 N–H and O–H groups in total. The van der Waals surface area contributed by atoms with Crippen LogP contribution in [0.5, 0.6) is 5.75 Å². The fraction of sp³-hybridized carbons (Fsp3) is 0.465. The Morgan fingerprint density at radius 1 is 0.944 bits per heavy atom. The molecule has 2 aromatic carbocycles. The molecule has 0 aliphatic carbocycles. The second kappa shape index (κ2) is 22.7. The number of allylic oxidation sites excluding steroid dienone is 4. The number of carbonyl (C=O) groups is 3. The Kier molecular flexibility index (Phi) is 18.5. The maximum Gasteiger partial charge on any atom is 0.331 e. The van der Waals surface area contributed by atoms with Crippen molar-refractivity contribution in [2.45, 2.75) is 96.8 Å². The average Bonchev–Trinajstić information content (AvgIpc) is 3.18. The molecule has 54 heavy (non-hydrogen) atoms. The smallest absolute Gasteiger partial charge is 0.331 e. The van der Waals surface area contributed by atoms with Crippen LogP contribution in [0.25, 0.3) is 0 Å². The molecule has 2 aromatic rings. The van der Waals surface area contributed by atoms with E-state index in [9.17, 15) is 14.4 Å². The first-order valence-electron chi connectivity index (χ1n) is 18.2. The van der Waals surface area contributed by atoms with Gasteiger partial charge in [-0.3, -0.25) is 4.79 Å². The Morgan fingerprint density at radius 2 is 1.67 bits per heavy atom. The summed E-state index contributed by atoms with van der Waals surface area (Å²) in [6, 6.07) is 17.4. The second-order valence-corrected chi connectivity index (χ2v) is 13.4. The predicted octanol–water partition coefficient (Wildman–Crippen LogP) is 7.39. The Hall–Kier alpha value is -4.39. The van der Waals surface area contributed by atoms with Gasteiger partial charge >= 0.3 is 11.9 Å². The second-order valence-electron chi connectivity index (χ2n) is 13.4. The van der Waals surface area contributed by atoms with E-state index in [1.807, 2.05) is 67.6 Å². The molecule has 0 bridgehead atoms. The third kappa shape index (κ3) is 13.2. The van der Waals surface area contributed by atoms with E-state index in [0.717, 1.165) is 29.7 Å². The largest absolute Gasteiger partial charge is 0.497 e. The highest BCUT2D eigenvalue weighted by Gasteiger charge is 2.59. The van der Waals surface area contributed by atoms with Crippen molar-refractivity contribution in [3.63, 3.8) is 0 Å². The van der Waals surface area contributed by atoms with Crippen molar-refractivity contribution in [1.82, 2.24) is 0 Å². The molecule has 0 unspecified atom stereocenters. The van der Waals surface area contributed by atoms with Crippen molar-refractivity contribution in [1.29, 1.82) is 0 Å². The van der Waals surface area contributed by atoms with Gasteiger partial charge in [-0.25, -0.2) is 9.59 Å². The van der Waals surface area contributed by atoms with Crippen LogP contribution in [-0.4, -0.2) is 76.6 Å². The Bertz CT molecular complexity index is 1560. The number of carbonyl (C=O) groups excluding carboxylic acids is 3. The summed E-state index contributed by atoms with van der Waals surface area (Å²) in [4.78, 5) is 37.6. The molecule has 3 rings (SSSR count). The van der Waals surface area contributed by atoms with Gasteiger partial charge in [-0.15, -0.1) is 0 Å². The lowest BCUT2D eigenvalue weighted by molar-refractivity contribution is -0.338. The number of hydrogen-bond acceptors (Lipinski definition) is 11. The van der Waals surface area contributed by atoms with Crippen molar-refractivity contribution in [2.24, 2.45) is 5.41 Å². The molecule has 0 aromatic heterocycles. The monoisotopic (exact) mass is 748 g/mol. The van der Waals surface area contributed by atoms with Crippen LogP contribution in [0.15, 0.2) is 103 Å². The van der Waals surface area contributed by atoms with Gasteiger partial charge in [0.05, 0.1) is 45.7 Å². The quantitative estimate of drug-likeness (QED) is 0.0299. The maximum absolute atomic E-state index is 13.3. The van der Waals surface area contributed by atoms with Crippen LogP contribution in [0.2, 0.25) is 0 Å². The summed E-state index contributed by atoms with van der Waals surface area (Å²) in [5, 5.41) is 0. The van der Waals surface area contributed by atoms with E-state index in [4.69, 9.17) is 37.9 Å². The number of methoxy groups -OCH3 is 3. The number of benzene rings is 2.